The van der Waals surface area contributed by atoms with Crippen LogP contribution in [0.5, 0.6) is 5.75 Å². The summed E-state index contributed by atoms with van der Waals surface area (Å²) < 4.78 is 40.2. The molecule has 68 heavy (non-hydrogen) atoms. The molecule has 3 aliphatic heterocycles. The number of nitrogens with one attached hydrogen (secondary N) is 3. The van der Waals surface area contributed by atoms with Crippen molar-refractivity contribution < 1.29 is 62.2 Å². The number of aliphatic carboxylic acids is 1. The van der Waals surface area contributed by atoms with Crippen LogP contribution in [-0.4, -0.2) is 150 Å². The lowest BCUT2D eigenvalue weighted by Gasteiger charge is -2.36. The number of ether oxygens (including phenoxy) is 7. The van der Waals surface area contributed by atoms with Crippen molar-refractivity contribution in [1.29, 1.82) is 0 Å². The fraction of sp³-hybridized carbons (Fsp3) is 0.620. The van der Waals surface area contributed by atoms with E-state index in [0.29, 0.717) is 49.4 Å². The monoisotopic (exact) mass is 970 g/mol. The van der Waals surface area contributed by atoms with Crippen LogP contribution in [0.1, 0.15) is 76.7 Å². The molecule has 17 nitrogen and oxygen atoms in total. The van der Waals surface area contributed by atoms with Crippen molar-refractivity contribution in [2.75, 3.05) is 79.5 Å². The summed E-state index contributed by atoms with van der Waals surface area (Å²) in [5.74, 6) is -3.14. The number of carboxylic acid groups (broad SMARTS) is 1. The molecule has 0 radical (unpaired) electrons. The van der Waals surface area contributed by atoms with Gasteiger partial charge in [-0.3, -0.25) is 24.1 Å². The molecule has 2 aromatic carbocycles. The van der Waals surface area contributed by atoms with Gasteiger partial charge in [0.05, 0.1) is 69.7 Å². The van der Waals surface area contributed by atoms with E-state index in [-0.39, 0.29) is 68.9 Å². The number of hydrogen-bond donors (Lipinski definition) is 4. The third-order valence-corrected chi connectivity index (χ3v) is 12.6. The minimum absolute atomic E-state index is 0.0140. The molecule has 0 saturated carbocycles. The van der Waals surface area contributed by atoms with Crippen molar-refractivity contribution >= 4 is 41.3 Å². The van der Waals surface area contributed by atoms with E-state index in [4.69, 9.17) is 49.9 Å². The minimum atomic E-state index is -1.23. The molecule has 5 rings (SSSR count). The second kappa shape index (κ2) is 27.0. The molecule has 2 saturated heterocycles. The number of benzene rings is 2. The van der Waals surface area contributed by atoms with Gasteiger partial charge < -0.3 is 54.2 Å². The van der Waals surface area contributed by atoms with Crippen LogP contribution in [-0.2, 0) is 65.2 Å². The molecule has 0 spiro atoms. The lowest BCUT2D eigenvalue weighted by atomic mass is 9.92. The summed E-state index contributed by atoms with van der Waals surface area (Å²) in [6.07, 6.45) is 1.80. The van der Waals surface area contributed by atoms with Crippen LogP contribution in [0.25, 0.3) is 0 Å². The van der Waals surface area contributed by atoms with Gasteiger partial charge in [0, 0.05) is 57.5 Å². The highest BCUT2D eigenvalue weighted by molar-refractivity contribution is 6.32. The number of esters is 2. The molecule has 3 heterocycles. The summed E-state index contributed by atoms with van der Waals surface area (Å²) in [7, 11) is 1.50. The Morgan fingerprint density at radius 3 is 2.29 bits per heavy atom. The molecular weight excluding hydrogens is 900 g/mol. The zero-order valence-electron chi connectivity index (χ0n) is 40.3. The Labute approximate surface area is 405 Å². The number of rotatable bonds is 22. The molecule has 7 atom stereocenters. The molecular formula is C50H71ClN4O13. The highest BCUT2D eigenvalue weighted by atomic mass is 35.5. The van der Waals surface area contributed by atoms with E-state index in [1.165, 1.54) is 18.7 Å². The fourth-order valence-corrected chi connectivity index (χ4v) is 8.40. The van der Waals surface area contributed by atoms with Crippen molar-refractivity contribution in [2.24, 2.45) is 17.3 Å². The predicted octanol–water partition coefficient (Wildman–Crippen LogP) is 4.46. The highest BCUT2D eigenvalue weighted by Gasteiger charge is 2.48. The SMILES string of the molecule is COc1ccc(C[C@H]2NC(=O)/C=C/C[C@@H]([C@H](C)[C@H]3O[C@@H]3c3ccc(CC4CNCCN4CCOCCOCCOCCC(=O)O)cc3)OC(=O)[C@H](CC(C)C)OC(=O)C(C)(C)CNC2=O)cc1Cl. The van der Waals surface area contributed by atoms with Gasteiger partial charge in [0.2, 0.25) is 11.8 Å². The van der Waals surface area contributed by atoms with E-state index < -0.39 is 53.4 Å². The first-order valence-corrected chi connectivity index (χ1v) is 24.0. The standard InChI is InChI=1S/C50H71ClN4O13/c1-32(2)26-42-48(60)66-40(8-7-9-43(56)54-39(29-35-12-15-41(62-6)38(51)28-35)47(59)53-31-50(4,5)49(61)67-42)33(3)45-46(68-45)36-13-10-34(11-14-36)27-37-30-52-17-18-55(37)19-21-64-23-25-65-24-22-63-20-16-44(57)58/h7,9-15,28,32-33,37,39-40,42,45-46,52H,8,16-27,29-31H2,1-6H3,(H,53,59)(H,54,56)(H,57,58)/b9-7+/t33-,37?,39+,40-,42-,45+,46+/m0/s1. The second-order valence-electron chi connectivity index (χ2n) is 18.7. The predicted molar refractivity (Wildman–Crippen MR) is 253 cm³/mol. The summed E-state index contributed by atoms with van der Waals surface area (Å²) in [5, 5.41) is 18.1. The minimum Gasteiger partial charge on any atom is -0.495 e. The largest absolute Gasteiger partial charge is 0.495 e. The average Bonchev–Trinajstić information content (AvgIpc) is 4.10. The van der Waals surface area contributed by atoms with Crippen molar-refractivity contribution in [3.8, 4) is 5.75 Å². The van der Waals surface area contributed by atoms with Crippen LogP contribution in [0.15, 0.2) is 54.6 Å². The fourth-order valence-electron chi connectivity index (χ4n) is 8.12. The van der Waals surface area contributed by atoms with Gasteiger partial charge in [-0.05, 0) is 67.5 Å². The summed E-state index contributed by atoms with van der Waals surface area (Å²) in [4.78, 5) is 67.7. The number of nitrogens with zero attached hydrogens (tertiary/aromatic N) is 1. The lowest BCUT2D eigenvalue weighted by molar-refractivity contribution is -0.179. The van der Waals surface area contributed by atoms with E-state index in [0.717, 1.165) is 38.2 Å². The van der Waals surface area contributed by atoms with Gasteiger partial charge in [-0.2, -0.15) is 0 Å². The maximum atomic E-state index is 13.9. The van der Waals surface area contributed by atoms with Gasteiger partial charge >= 0.3 is 17.9 Å². The van der Waals surface area contributed by atoms with E-state index in [9.17, 15) is 24.0 Å². The third kappa shape index (κ3) is 17.4. The zero-order valence-corrected chi connectivity index (χ0v) is 41.1. The molecule has 4 N–H and O–H groups in total. The lowest BCUT2D eigenvalue weighted by Crippen LogP contribution is -2.53. The number of carbonyl (C=O) groups is 5. The normalized spacial score (nSPS) is 24.9. The highest BCUT2D eigenvalue weighted by Crippen LogP contribution is 2.45. The molecule has 2 aromatic rings. The zero-order chi connectivity index (χ0) is 49.2. The number of piperazine rings is 1. The van der Waals surface area contributed by atoms with Crippen molar-refractivity contribution in [1.82, 2.24) is 20.9 Å². The molecule has 0 bridgehead atoms. The third-order valence-electron chi connectivity index (χ3n) is 12.3. The van der Waals surface area contributed by atoms with E-state index in [2.05, 4.69) is 45.1 Å². The Hall–Kier alpha value is -4.62. The van der Waals surface area contributed by atoms with E-state index >= 15 is 0 Å². The Morgan fingerprint density at radius 1 is 0.926 bits per heavy atom. The molecule has 0 aromatic heterocycles. The number of cyclic esters (lactones) is 2. The molecule has 376 valence electrons. The van der Waals surface area contributed by atoms with Gasteiger partial charge in [-0.25, -0.2) is 4.79 Å². The smallest absolute Gasteiger partial charge is 0.347 e. The molecule has 2 amide bonds. The number of halogens is 1. The van der Waals surface area contributed by atoms with Gasteiger partial charge in [-0.15, -0.1) is 0 Å². The molecule has 3 aliphatic rings. The van der Waals surface area contributed by atoms with Gasteiger partial charge in [0.15, 0.2) is 6.10 Å². The molecule has 18 heteroatoms. The summed E-state index contributed by atoms with van der Waals surface area (Å²) >= 11 is 6.38. The van der Waals surface area contributed by atoms with Crippen LogP contribution in [0, 0.1) is 17.3 Å². The van der Waals surface area contributed by atoms with Crippen molar-refractivity contribution in [3.05, 3.63) is 76.3 Å². The van der Waals surface area contributed by atoms with Crippen molar-refractivity contribution in [2.45, 2.75) is 103 Å². The summed E-state index contributed by atoms with van der Waals surface area (Å²) in [6, 6.07) is 12.8. The van der Waals surface area contributed by atoms with Crippen LogP contribution in [0.3, 0.4) is 0 Å². The first-order chi connectivity index (χ1) is 32.5. The van der Waals surface area contributed by atoms with E-state index in [1.807, 2.05) is 20.8 Å². The number of hydrogen-bond acceptors (Lipinski definition) is 14. The molecule has 0 aliphatic carbocycles. The Balaban J connectivity index is 1.20. The topological polar surface area (TPSA) is 213 Å². The van der Waals surface area contributed by atoms with E-state index in [1.54, 1.807) is 38.1 Å². The number of carbonyl (C=O) groups excluding carboxylic acids is 4. The summed E-state index contributed by atoms with van der Waals surface area (Å²) in [6.45, 7) is 14.7. The number of methoxy groups -OCH3 is 1. The van der Waals surface area contributed by atoms with Gasteiger partial charge in [-0.1, -0.05) is 68.8 Å². The van der Waals surface area contributed by atoms with Crippen LogP contribution < -0.4 is 20.7 Å². The molecule has 1 unspecified atom stereocenters. The van der Waals surface area contributed by atoms with Crippen molar-refractivity contribution in [3.63, 3.8) is 0 Å². The molecule has 2 fully saturated rings. The average molecular weight is 972 g/mol. The number of amides is 2. The Kier molecular flexibility index (Phi) is 21.5. The summed E-state index contributed by atoms with van der Waals surface area (Å²) in [5.41, 5.74) is 1.63. The maximum absolute atomic E-state index is 13.9. The van der Waals surface area contributed by atoms with Crippen LogP contribution >= 0.6 is 11.6 Å². The van der Waals surface area contributed by atoms with Crippen LogP contribution in [0.2, 0.25) is 5.02 Å². The first-order valence-electron chi connectivity index (χ1n) is 23.7. The van der Waals surface area contributed by atoms with Gasteiger partial charge in [0.1, 0.15) is 24.0 Å². The number of carboxylic acids is 1. The second-order valence-corrected chi connectivity index (χ2v) is 19.1. The Morgan fingerprint density at radius 2 is 1.62 bits per heavy atom. The first kappa shape index (κ1) is 54.3. The van der Waals surface area contributed by atoms with Gasteiger partial charge in [0.25, 0.3) is 0 Å². The quantitative estimate of drug-likeness (QED) is 0.0729. The van der Waals surface area contributed by atoms with Crippen LogP contribution in [0.4, 0.5) is 0 Å². The maximum Gasteiger partial charge on any atom is 0.347 e. The number of epoxide rings is 1. The Bertz CT molecular complexity index is 2000.